The quantitative estimate of drug-likeness (QED) is 0.423. The van der Waals surface area contributed by atoms with E-state index in [4.69, 9.17) is 4.74 Å². The Morgan fingerprint density at radius 2 is 1.75 bits per heavy atom. The molecule has 2 aromatic carbocycles. The molecule has 146 valence electrons. The van der Waals surface area contributed by atoms with Gasteiger partial charge in [-0.05, 0) is 98.9 Å². The number of amides is 2. The van der Waals surface area contributed by atoms with Crippen LogP contribution in [0.4, 0.5) is 9.18 Å². The van der Waals surface area contributed by atoms with Crippen molar-refractivity contribution in [2.45, 2.75) is 26.5 Å². The summed E-state index contributed by atoms with van der Waals surface area (Å²) in [4.78, 5) is 26.1. The summed E-state index contributed by atoms with van der Waals surface area (Å²) in [5, 5.41) is -0.261. The first kappa shape index (κ1) is 21.1. The second-order valence-corrected chi connectivity index (χ2v) is 9.08. The molecule has 1 heterocycles. The molecule has 0 aromatic heterocycles. The minimum Gasteiger partial charge on any atom is -0.487 e. The van der Waals surface area contributed by atoms with Gasteiger partial charge in [0.1, 0.15) is 18.2 Å². The second kappa shape index (κ2) is 8.80. The van der Waals surface area contributed by atoms with Crippen LogP contribution in [-0.2, 0) is 11.4 Å². The van der Waals surface area contributed by atoms with E-state index in [0.717, 1.165) is 22.9 Å². The third-order valence-electron chi connectivity index (χ3n) is 3.95. The van der Waals surface area contributed by atoms with Gasteiger partial charge in [0.25, 0.3) is 11.1 Å². The Labute approximate surface area is 183 Å². The number of ether oxygens (including phenoxy) is 1. The summed E-state index contributed by atoms with van der Waals surface area (Å²) in [5.41, 5.74) is 1.59. The first-order valence-electron chi connectivity index (χ1n) is 8.39. The zero-order valence-electron chi connectivity index (χ0n) is 15.0. The standard InChI is InChI=1S/C20H16Br2FNO3S/c1-11(2)24-19(25)17(28-20(24)26)9-13-7-15(21)18(16(22)8-13)27-10-12-3-5-14(23)6-4-12/h3-9,11H,10H2,1-2H3/b17-9-. The van der Waals surface area contributed by atoms with Crippen LogP contribution < -0.4 is 4.74 Å². The van der Waals surface area contributed by atoms with E-state index in [0.29, 0.717) is 19.6 Å². The van der Waals surface area contributed by atoms with E-state index in [2.05, 4.69) is 31.9 Å². The molecule has 2 aromatic rings. The van der Waals surface area contributed by atoms with Crippen LogP contribution in [0.1, 0.15) is 25.0 Å². The maximum absolute atomic E-state index is 13.0. The Kier molecular flexibility index (Phi) is 6.62. The number of rotatable bonds is 5. The van der Waals surface area contributed by atoms with Crippen LogP contribution in [0, 0.1) is 5.82 Å². The summed E-state index contributed by atoms with van der Waals surface area (Å²) >= 11 is 7.90. The number of hydrogen-bond acceptors (Lipinski definition) is 4. The van der Waals surface area contributed by atoms with E-state index in [1.165, 1.54) is 17.0 Å². The summed E-state index contributed by atoms with van der Waals surface area (Å²) in [6.45, 7) is 3.89. The highest BCUT2D eigenvalue weighted by Gasteiger charge is 2.36. The van der Waals surface area contributed by atoms with Crippen molar-refractivity contribution in [3.8, 4) is 5.75 Å². The number of benzene rings is 2. The van der Waals surface area contributed by atoms with Crippen LogP contribution in [-0.4, -0.2) is 22.1 Å². The van der Waals surface area contributed by atoms with Gasteiger partial charge < -0.3 is 4.74 Å². The van der Waals surface area contributed by atoms with Gasteiger partial charge in [-0.25, -0.2) is 4.39 Å². The van der Waals surface area contributed by atoms with Crippen molar-refractivity contribution in [2.24, 2.45) is 0 Å². The van der Waals surface area contributed by atoms with Gasteiger partial charge in [0.05, 0.1) is 13.9 Å². The molecule has 1 saturated heterocycles. The van der Waals surface area contributed by atoms with Gasteiger partial charge in [-0.3, -0.25) is 14.5 Å². The Morgan fingerprint density at radius 3 is 2.29 bits per heavy atom. The number of hydrogen-bond donors (Lipinski definition) is 0. The normalized spacial score (nSPS) is 15.8. The van der Waals surface area contributed by atoms with Crippen molar-refractivity contribution in [2.75, 3.05) is 0 Å². The van der Waals surface area contributed by atoms with Crippen molar-refractivity contribution < 1.29 is 18.7 Å². The van der Waals surface area contributed by atoms with Crippen molar-refractivity contribution in [1.82, 2.24) is 4.90 Å². The number of nitrogens with zero attached hydrogens (tertiary/aromatic N) is 1. The van der Waals surface area contributed by atoms with Crippen LogP contribution >= 0.6 is 43.6 Å². The molecule has 0 N–H and O–H groups in total. The molecular formula is C20H16Br2FNO3S. The van der Waals surface area contributed by atoms with Gasteiger partial charge in [-0.15, -0.1) is 0 Å². The van der Waals surface area contributed by atoms with Gasteiger partial charge >= 0.3 is 0 Å². The molecule has 4 nitrogen and oxygen atoms in total. The largest absolute Gasteiger partial charge is 0.487 e. The lowest BCUT2D eigenvalue weighted by atomic mass is 10.2. The maximum Gasteiger partial charge on any atom is 0.293 e. The van der Waals surface area contributed by atoms with E-state index in [1.807, 2.05) is 12.1 Å². The first-order valence-corrected chi connectivity index (χ1v) is 10.8. The number of carbonyl (C=O) groups is 2. The summed E-state index contributed by atoms with van der Waals surface area (Å²) in [6.07, 6.45) is 1.69. The third kappa shape index (κ3) is 4.67. The van der Waals surface area contributed by atoms with Gasteiger partial charge in [-0.1, -0.05) is 12.1 Å². The molecule has 0 unspecified atom stereocenters. The van der Waals surface area contributed by atoms with Crippen LogP contribution in [0.5, 0.6) is 5.75 Å². The molecule has 0 atom stereocenters. The monoisotopic (exact) mass is 527 g/mol. The third-order valence-corrected chi connectivity index (χ3v) is 6.02. The maximum atomic E-state index is 13.0. The van der Waals surface area contributed by atoms with Crippen LogP contribution in [0.25, 0.3) is 6.08 Å². The van der Waals surface area contributed by atoms with Crippen molar-refractivity contribution in [1.29, 1.82) is 0 Å². The Balaban J connectivity index is 1.79. The zero-order chi connectivity index (χ0) is 20.4. The van der Waals surface area contributed by atoms with E-state index in [9.17, 15) is 14.0 Å². The minimum absolute atomic E-state index is 0.181. The number of thioether (sulfide) groups is 1. The van der Waals surface area contributed by atoms with Gasteiger partial charge in [0, 0.05) is 6.04 Å². The summed E-state index contributed by atoms with van der Waals surface area (Å²) < 4.78 is 20.2. The Hall–Kier alpha value is -1.64. The van der Waals surface area contributed by atoms with Crippen molar-refractivity contribution in [3.63, 3.8) is 0 Å². The zero-order valence-corrected chi connectivity index (χ0v) is 19.0. The van der Waals surface area contributed by atoms with E-state index >= 15 is 0 Å². The molecule has 2 amide bonds. The molecule has 28 heavy (non-hydrogen) atoms. The number of imide groups is 1. The van der Waals surface area contributed by atoms with Crippen molar-refractivity contribution in [3.05, 3.63) is 67.2 Å². The molecule has 0 saturated carbocycles. The highest BCUT2D eigenvalue weighted by atomic mass is 79.9. The molecule has 0 radical (unpaired) electrons. The number of carbonyl (C=O) groups excluding carboxylic acids is 2. The average molecular weight is 529 g/mol. The molecule has 1 aliphatic heterocycles. The predicted octanol–water partition coefficient (Wildman–Crippen LogP) is 6.37. The fourth-order valence-corrected chi connectivity index (χ4v) is 5.02. The summed E-state index contributed by atoms with van der Waals surface area (Å²) in [7, 11) is 0. The molecule has 1 fully saturated rings. The molecule has 0 spiro atoms. The molecule has 8 heteroatoms. The molecule has 1 aliphatic rings. The minimum atomic E-state index is -0.294. The average Bonchev–Trinajstić information content (AvgIpc) is 2.89. The highest BCUT2D eigenvalue weighted by molar-refractivity contribution is 9.11. The fraction of sp³-hybridized carbons (Fsp3) is 0.200. The van der Waals surface area contributed by atoms with E-state index < -0.39 is 0 Å². The molecule has 3 rings (SSSR count). The first-order chi connectivity index (χ1) is 13.3. The van der Waals surface area contributed by atoms with Gasteiger partial charge in [0.2, 0.25) is 0 Å². The van der Waals surface area contributed by atoms with Crippen LogP contribution in [0.15, 0.2) is 50.2 Å². The molecule has 0 aliphatic carbocycles. The SMILES string of the molecule is CC(C)N1C(=O)S/C(=C\c2cc(Br)c(OCc3ccc(F)cc3)c(Br)c2)C1=O. The second-order valence-electron chi connectivity index (χ2n) is 6.37. The lowest BCUT2D eigenvalue weighted by Gasteiger charge is -2.16. The fourth-order valence-electron chi connectivity index (χ4n) is 2.61. The van der Waals surface area contributed by atoms with E-state index in [1.54, 1.807) is 32.1 Å². The van der Waals surface area contributed by atoms with Crippen molar-refractivity contribution >= 4 is 60.8 Å². The van der Waals surface area contributed by atoms with E-state index in [-0.39, 0.29) is 29.6 Å². The molecule has 0 bridgehead atoms. The van der Waals surface area contributed by atoms with Crippen LogP contribution in [0.3, 0.4) is 0 Å². The summed E-state index contributed by atoms with van der Waals surface area (Å²) in [6, 6.07) is 9.54. The topological polar surface area (TPSA) is 46.6 Å². The summed E-state index contributed by atoms with van der Waals surface area (Å²) in [5.74, 6) is 0.0167. The predicted molar refractivity (Wildman–Crippen MR) is 116 cm³/mol. The Bertz CT molecular complexity index is 937. The highest BCUT2D eigenvalue weighted by Crippen LogP contribution is 2.38. The smallest absolute Gasteiger partial charge is 0.293 e. The van der Waals surface area contributed by atoms with Gasteiger partial charge in [0.15, 0.2) is 0 Å². The van der Waals surface area contributed by atoms with Crippen LogP contribution in [0.2, 0.25) is 0 Å². The number of halogens is 3. The molecular weight excluding hydrogens is 513 g/mol. The van der Waals surface area contributed by atoms with Gasteiger partial charge in [-0.2, -0.15) is 0 Å². The lowest BCUT2D eigenvalue weighted by molar-refractivity contribution is -0.123. The Morgan fingerprint density at radius 1 is 1.14 bits per heavy atom. The lowest BCUT2D eigenvalue weighted by Crippen LogP contribution is -2.34.